The number of rotatable bonds is 2. The molecule has 0 atom stereocenters. The lowest BCUT2D eigenvalue weighted by atomic mass is 9.87. The number of hydrogen-bond acceptors (Lipinski definition) is 2. The molecule has 2 rings (SSSR count). The van der Waals surface area contributed by atoms with Crippen molar-refractivity contribution in [2.24, 2.45) is 5.73 Å². The average molecular weight is 239 g/mol. The summed E-state index contributed by atoms with van der Waals surface area (Å²) in [4.78, 5) is 11.9. The van der Waals surface area contributed by atoms with Crippen LogP contribution in [0, 0.1) is 6.92 Å². The van der Waals surface area contributed by atoms with E-state index in [1.54, 1.807) is 18.2 Å². The van der Waals surface area contributed by atoms with Gasteiger partial charge in [-0.05, 0) is 43.5 Å². The zero-order valence-electron chi connectivity index (χ0n) is 9.16. The standard InChI is InChI=1S/C12H15ClN2O/c1-7-4-8(13)2-3-11(7)12(16)15-10-5-9(14)6-10/h2-4,9-10H,5-6,14H2,1H3,(H,15,16). The maximum absolute atomic E-state index is 11.9. The first-order valence-electron chi connectivity index (χ1n) is 5.39. The molecular formula is C12H15ClN2O. The first-order valence-corrected chi connectivity index (χ1v) is 5.76. The van der Waals surface area contributed by atoms with E-state index in [1.807, 2.05) is 6.92 Å². The highest BCUT2D eigenvalue weighted by Gasteiger charge is 2.27. The lowest BCUT2D eigenvalue weighted by Gasteiger charge is -2.33. The van der Waals surface area contributed by atoms with Crippen LogP contribution in [0.3, 0.4) is 0 Å². The molecular weight excluding hydrogens is 224 g/mol. The third-order valence-electron chi connectivity index (χ3n) is 2.94. The van der Waals surface area contributed by atoms with Crippen LogP contribution in [0.5, 0.6) is 0 Å². The molecule has 86 valence electrons. The van der Waals surface area contributed by atoms with Crippen molar-refractivity contribution < 1.29 is 4.79 Å². The smallest absolute Gasteiger partial charge is 0.251 e. The predicted octanol–water partition coefficient (Wildman–Crippen LogP) is 1.87. The zero-order valence-corrected chi connectivity index (χ0v) is 9.92. The minimum atomic E-state index is -0.0360. The van der Waals surface area contributed by atoms with Crippen LogP contribution in [0.2, 0.25) is 5.02 Å². The summed E-state index contributed by atoms with van der Waals surface area (Å²) in [5.41, 5.74) is 7.25. The number of aryl methyl sites for hydroxylation is 1. The van der Waals surface area contributed by atoms with Gasteiger partial charge in [0.15, 0.2) is 0 Å². The van der Waals surface area contributed by atoms with Gasteiger partial charge in [0.1, 0.15) is 0 Å². The van der Waals surface area contributed by atoms with Crippen LogP contribution in [-0.2, 0) is 0 Å². The van der Waals surface area contributed by atoms with Gasteiger partial charge in [0.25, 0.3) is 5.91 Å². The van der Waals surface area contributed by atoms with Crippen molar-refractivity contribution in [3.05, 3.63) is 34.3 Å². The summed E-state index contributed by atoms with van der Waals surface area (Å²) >= 11 is 5.84. The summed E-state index contributed by atoms with van der Waals surface area (Å²) in [5.74, 6) is -0.0360. The van der Waals surface area contributed by atoms with Crippen LogP contribution in [0.15, 0.2) is 18.2 Å². The van der Waals surface area contributed by atoms with Crippen molar-refractivity contribution in [1.82, 2.24) is 5.32 Å². The summed E-state index contributed by atoms with van der Waals surface area (Å²) in [5, 5.41) is 3.61. The number of nitrogens with one attached hydrogen (secondary N) is 1. The highest BCUT2D eigenvalue weighted by Crippen LogP contribution is 2.19. The molecule has 3 N–H and O–H groups in total. The van der Waals surface area contributed by atoms with Crippen LogP contribution in [0.4, 0.5) is 0 Å². The monoisotopic (exact) mass is 238 g/mol. The van der Waals surface area contributed by atoms with Gasteiger partial charge in [0.05, 0.1) is 0 Å². The molecule has 16 heavy (non-hydrogen) atoms. The molecule has 1 aromatic rings. The molecule has 0 aromatic heterocycles. The fraction of sp³-hybridized carbons (Fsp3) is 0.417. The van der Waals surface area contributed by atoms with Crippen LogP contribution < -0.4 is 11.1 Å². The van der Waals surface area contributed by atoms with Gasteiger partial charge in [0, 0.05) is 22.7 Å². The molecule has 1 aliphatic rings. The Hall–Kier alpha value is -1.06. The molecule has 0 spiro atoms. The molecule has 4 heteroatoms. The number of benzene rings is 1. The minimum absolute atomic E-state index is 0.0360. The Morgan fingerprint density at radius 2 is 2.19 bits per heavy atom. The second-order valence-corrected chi connectivity index (χ2v) is 4.80. The highest BCUT2D eigenvalue weighted by molar-refractivity contribution is 6.30. The van der Waals surface area contributed by atoms with E-state index in [2.05, 4.69) is 5.32 Å². The third-order valence-corrected chi connectivity index (χ3v) is 3.18. The first kappa shape index (κ1) is 11.4. The molecule has 0 unspecified atom stereocenters. The first-order chi connectivity index (χ1) is 7.56. The van der Waals surface area contributed by atoms with E-state index >= 15 is 0 Å². The molecule has 0 bridgehead atoms. The van der Waals surface area contributed by atoms with Crippen LogP contribution >= 0.6 is 11.6 Å². The van der Waals surface area contributed by atoms with Gasteiger partial charge in [-0.25, -0.2) is 0 Å². The fourth-order valence-electron chi connectivity index (χ4n) is 1.92. The minimum Gasteiger partial charge on any atom is -0.349 e. The van der Waals surface area contributed by atoms with Gasteiger partial charge in [-0.2, -0.15) is 0 Å². The van der Waals surface area contributed by atoms with Gasteiger partial charge in [-0.3, -0.25) is 4.79 Å². The van der Waals surface area contributed by atoms with E-state index in [0.717, 1.165) is 18.4 Å². The normalized spacial score (nSPS) is 23.7. The Morgan fingerprint density at radius 1 is 1.50 bits per heavy atom. The maximum Gasteiger partial charge on any atom is 0.251 e. The Balaban J connectivity index is 2.03. The van der Waals surface area contributed by atoms with Crippen molar-refractivity contribution in [2.45, 2.75) is 31.8 Å². The van der Waals surface area contributed by atoms with Crippen molar-refractivity contribution in [1.29, 1.82) is 0 Å². The number of nitrogens with two attached hydrogens (primary N) is 1. The Labute approximate surface area is 100.0 Å². The van der Waals surface area contributed by atoms with Crippen LogP contribution in [0.1, 0.15) is 28.8 Å². The molecule has 1 aromatic carbocycles. The number of carbonyl (C=O) groups is 1. The van der Waals surface area contributed by atoms with E-state index in [-0.39, 0.29) is 18.0 Å². The molecule has 0 radical (unpaired) electrons. The molecule has 0 aliphatic heterocycles. The second-order valence-electron chi connectivity index (χ2n) is 4.36. The van der Waals surface area contributed by atoms with E-state index in [0.29, 0.717) is 10.6 Å². The van der Waals surface area contributed by atoms with Gasteiger partial charge < -0.3 is 11.1 Å². The lowest BCUT2D eigenvalue weighted by molar-refractivity contribution is 0.0909. The molecule has 1 amide bonds. The molecule has 1 aliphatic carbocycles. The fourth-order valence-corrected chi connectivity index (χ4v) is 2.15. The number of halogens is 1. The molecule has 0 saturated heterocycles. The van der Waals surface area contributed by atoms with Crippen molar-refractivity contribution in [3.63, 3.8) is 0 Å². The van der Waals surface area contributed by atoms with E-state index in [9.17, 15) is 4.79 Å². The highest BCUT2D eigenvalue weighted by atomic mass is 35.5. The maximum atomic E-state index is 11.9. The molecule has 1 fully saturated rings. The van der Waals surface area contributed by atoms with Crippen molar-refractivity contribution in [3.8, 4) is 0 Å². The SMILES string of the molecule is Cc1cc(Cl)ccc1C(=O)NC1CC(N)C1. The number of hydrogen-bond donors (Lipinski definition) is 2. The van der Waals surface area contributed by atoms with E-state index in [4.69, 9.17) is 17.3 Å². The summed E-state index contributed by atoms with van der Waals surface area (Å²) < 4.78 is 0. The number of carbonyl (C=O) groups excluding carboxylic acids is 1. The average Bonchev–Trinajstić information content (AvgIpc) is 2.15. The quantitative estimate of drug-likeness (QED) is 0.827. The molecule has 0 heterocycles. The third kappa shape index (κ3) is 2.36. The largest absolute Gasteiger partial charge is 0.349 e. The molecule has 1 saturated carbocycles. The van der Waals surface area contributed by atoms with Crippen molar-refractivity contribution >= 4 is 17.5 Å². The summed E-state index contributed by atoms with van der Waals surface area (Å²) in [7, 11) is 0. The number of amides is 1. The van der Waals surface area contributed by atoms with Gasteiger partial charge in [-0.15, -0.1) is 0 Å². The Kier molecular flexibility index (Phi) is 3.17. The Morgan fingerprint density at radius 3 is 2.75 bits per heavy atom. The second kappa shape index (κ2) is 4.44. The van der Waals surface area contributed by atoms with E-state index < -0.39 is 0 Å². The van der Waals surface area contributed by atoms with Crippen LogP contribution in [-0.4, -0.2) is 18.0 Å². The summed E-state index contributed by atoms with van der Waals surface area (Å²) in [6.07, 6.45) is 1.75. The van der Waals surface area contributed by atoms with Gasteiger partial charge >= 0.3 is 0 Å². The molecule has 3 nitrogen and oxygen atoms in total. The summed E-state index contributed by atoms with van der Waals surface area (Å²) in [6, 6.07) is 5.76. The van der Waals surface area contributed by atoms with Gasteiger partial charge in [0.2, 0.25) is 0 Å². The zero-order chi connectivity index (χ0) is 11.7. The van der Waals surface area contributed by atoms with Crippen LogP contribution in [0.25, 0.3) is 0 Å². The Bertz CT molecular complexity index is 413. The topological polar surface area (TPSA) is 55.1 Å². The summed E-state index contributed by atoms with van der Waals surface area (Å²) in [6.45, 7) is 1.88. The predicted molar refractivity (Wildman–Crippen MR) is 64.7 cm³/mol. The van der Waals surface area contributed by atoms with E-state index in [1.165, 1.54) is 0 Å². The lowest BCUT2D eigenvalue weighted by Crippen LogP contribution is -2.50. The van der Waals surface area contributed by atoms with Gasteiger partial charge in [-0.1, -0.05) is 11.6 Å². The van der Waals surface area contributed by atoms with Crippen molar-refractivity contribution in [2.75, 3.05) is 0 Å².